The van der Waals surface area contributed by atoms with Gasteiger partial charge in [0, 0.05) is 18.1 Å². The number of nitrogens with zero attached hydrogens (tertiary/aromatic N) is 3. The van der Waals surface area contributed by atoms with Crippen molar-refractivity contribution in [2.45, 2.75) is 36.9 Å². The van der Waals surface area contributed by atoms with E-state index in [0.717, 1.165) is 16.7 Å². The van der Waals surface area contributed by atoms with Gasteiger partial charge in [-0.1, -0.05) is 23.4 Å². The van der Waals surface area contributed by atoms with Gasteiger partial charge in [-0.05, 0) is 32.0 Å². The second-order valence-corrected chi connectivity index (χ2v) is 8.05. The van der Waals surface area contributed by atoms with Crippen LogP contribution in [0.4, 0.5) is 4.79 Å². The topological polar surface area (TPSA) is 105 Å². The van der Waals surface area contributed by atoms with Crippen molar-refractivity contribution >= 4 is 46.2 Å². The summed E-state index contributed by atoms with van der Waals surface area (Å²) in [5, 5.41) is 12.8. The number of benzene rings is 1. The molecular formula is C17H19ClN4O4S. The summed E-state index contributed by atoms with van der Waals surface area (Å²) in [6.07, 6.45) is -0.774. The molecule has 1 aromatic carbocycles. The summed E-state index contributed by atoms with van der Waals surface area (Å²) in [5.74, 6) is -0.362. The van der Waals surface area contributed by atoms with Gasteiger partial charge in [0.25, 0.3) is 5.56 Å². The predicted octanol–water partition coefficient (Wildman–Crippen LogP) is 1.46. The Balaban J connectivity index is 1.99. The van der Waals surface area contributed by atoms with Gasteiger partial charge in [-0.3, -0.25) is 19.1 Å². The number of carbonyl (C=O) groups is 2. The molecule has 0 bridgehead atoms. The Morgan fingerprint density at radius 3 is 2.78 bits per heavy atom. The summed E-state index contributed by atoms with van der Waals surface area (Å²) in [6.45, 7) is 3.98. The molecule has 8 nitrogen and oxygen atoms in total. The van der Waals surface area contributed by atoms with E-state index in [1.54, 1.807) is 32.0 Å². The first-order valence-electron chi connectivity index (χ1n) is 8.42. The number of aliphatic hydroxyl groups excluding tert-OH is 1. The normalized spacial score (nSPS) is 16.4. The quantitative estimate of drug-likeness (QED) is 0.571. The molecule has 0 unspecified atom stereocenters. The van der Waals surface area contributed by atoms with Crippen molar-refractivity contribution in [3.63, 3.8) is 0 Å². The molecule has 10 heteroatoms. The summed E-state index contributed by atoms with van der Waals surface area (Å²) >= 11 is 7.08. The number of thioether (sulfide) groups is 1. The zero-order valence-corrected chi connectivity index (χ0v) is 16.4. The van der Waals surface area contributed by atoms with Gasteiger partial charge in [-0.15, -0.1) is 0 Å². The zero-order valence-electron chi connectivity index (χ0n) is 14.8. The van der Waals surface area contributed by atoms with E-state index in [9.17, 15) is 19.5 Å². The molecule has 2 atom stereocenters. The highest BCUT2D eigenvalue weighted by atomic mass is 35.5. The lowest BCUT2D eigenvalue weighted by atomic mass is 10.2. The maximum absolute atomic E-state index is 12.9. The van der Waals surface area contributed by atoms with Crippen LogP contribution in [0.15, 0.2) is 28.2 Å². The molecule has 1 saturated heterocycles. The Hall–Kier alpha value is -2.10. The van der Waals surface area contributed by atoms with E-state index in [1.165, 1.54) is 4.57 Å². The number of amides is 3. The summed E-state index contributed by atoms with van der Waals surface area (Å²) in [5.41, 5.74) is 0.0917. The minimum absolute atomic E-state index is 0.0395. The maximum atomic E-state index is 12.9. The monoisotopic (exact) mass is 410 g/mol. The van der Waals surface area contributed by atoms with Crippen LogP contribution >= 0.6 is 23.4 Å². The molecule has 0 saturated carbocycles. The van der Waals surface area contributed by atoms with Gasteiger partial charge < -0.3 is 10.4 Å². The smallest absolute Gasteiger partial charge is 0.324 e. The number of halogens is 1. The molecule has 0 radical (unpaired) electrons. The third-order valence-corrected chi connectivity index (χ3v) is 5.39. The molecule has 2 aromatic rings. The fourth-order valence-electron chi connectivity index (χ4n) is 2.80. The number of rotatable bonds is 5. The van der Waals surface area contributed by atoms with Crippen molar-refractivity contribution in [3.05, 3.63) is 33.6 Å². The molecule has 1 aliphatic rings. The number of urea groups is 1. The van der Waals surface area contributed by atoms with Crippen molar-refractivity contribution in [3.8, 4) is 0 Å². The molecule has 2 heterocycles. The average molecular weight is 411 g/mol. The molecule has 3 rings (SSSR count). The van der Waals surface area contributed by atoms with Crippen LogP contribution in [-0.4, -0.2) is 55.9 Å². The first kappa shape index (κ1) is 19.7. The molecule has 1 aliphatic heterocycles. The van der Waals surface area contributed by atoms with Gasteiger partial charge in [0.05, 0.1) is 28.8 Å². The molecule has 3 amide bonds. The van der Waals surface area contributed by atoms with E-state index in [2.05, 4.69) is 10.3 Å². The SMILES string of the molecule is C[C@@H](O)Cn1c(S[C@H](C)C(=O)N2CCNC2=O)nc2cc(Cl)ccc2c1=O. The Kier molecular flexibility index (Phi) is 5.73. The third kappa shape index (κ3) is 4.10. The van der Waals surface area contributed by atoms with Crippen molar-refractivity contribution < 1.29 is 14.7 Å². The molecule has 0 spiro atoms. The highest BCUT2D eigenvalue weighted by Crippen LogP contribution is 2.25. The highest BCUT2D eigenvalue weighted by molar-refractivity contribution is 8.00. The van der Waals surface area contributed by atoms with Crippen molar-refractivity contribution in [2.75, 3.05) is 13.1 Å². The van der Waals surface area contributed by atoms with E-state index in [-0.39, 0.29) is 23.2 Å². The zero-order chi connectivity index (χ0) is 19.7. The number of aliphatic hydroxyl groups is 1. The number of hydrogen-bond acceptors (Lipinski definition) is 6. The molecule has 2 N–H and O–H groups in total. The van der Waals surface area contributed by atoms with Gasteiger partial charge in [0.2, 0.25) is 5.91 Å². The fourth-order valence-corrected chi connectivity index (χ4v) is 3.95. The number of nitrogens with one attached hydrogen (secondary N) is 1. The van der Waals surface area contributed by atoms with Crippen molar-refractivity contribution in [1.29, 1.82) is 0 Å². The van der Waals surface area contributed by atoms with E-state index in [1.807, 2.05) is 0 Å². The Bertz CT molecular complexity index is 962. The number of aromatic nitrogens is 2. The van der Waals surface area contributed by atoms with Crippen LogP contribution in [-0.2, 0) is 11.3 Å². The Labute approximate surface area is 164 Å². The maximum Gasteiger partial charge on any atom is 0.324 e. The first-order valence-corrected chi connectivity index (χ1v) is 9.67. The van der Waals surface area contributed by atoms with E-state index < -0.39 is 17.4 Å². The van der Waals surface area contributed by atoms with Crippen LogP contribution in [0.3, 0.4) is 0 Å². The Morgan fingerprint density at radius 2 is 2.15 bits per heavy atom. The molecule has 1 aromatic heterocycles. The molecular weight excluding hydrogens is 392 g/mol. The third-order valence-electron chi connectivity index (χ3n) is 4.08. The number of hydrogen-bond donors (Lipinski definition) is 2. The van der Waals surface area contributed by atoms with E-state index >= 15 is 0 Å². The minimum atomic E-state index is -0.774. The molecule has 144 valence electrons. The van der Waals surface area contributed by atoms with Gasteiger partial charge >= 0.3 is 6.03 Å². The number of fused-ring (bicyclic) bond motifs is 1. The average Bonchev–Trinajstić information content (AvgIpc) is 3.03. The molecule has 27 heavy (non-hydrogen) atoms. The van der Waals surface area contributed by atoms with Crippen molar-refractivity contribution in [2.24, 2.45) is 0 Å². The van der Waals surface area contributed by atoms with Crippen LogP contribution in [0.5, 0.6) is 0 Å². The lowest BCUT2D eigenvalue weighted by Crippen LogP contribution is -2.39. The van der Waals surface area contributed by atoms with Gasteiger partial charge in [-0.2, -0.15) is 0 Å². The predicted molar refractivity (Wildman–Crippen MR) is 103 cm³/mol. The second-order valence-electron chi connectivity index (χ2n) is 6.30. The van der Waals surface area contributed by atoms with Crippen molar-refractivity contribution in [1.82, 2.24) is 19.8 Å². The van der Waals surface area contributed by atoms with Crippen LogP contribution < -0.4 is 10.9 Å². The Morgan fingerprint density at radius 1 is 1.41 bits per heavy atom. The van der Waals surface area contributed by atoms with E-state index in [4.69, 9.17) is 11.6 Å². The largest absolute Gasteiger partial charge is 0.392 e. The van der Waals surface area contributed by atoms with Gasteiger partial charge in [0.1, 0.15) is 0 Å². The molecule has 1 fully saturated rings. The van der Waals surface area contributed by atoms with Gasteiger partial charge in [0.15, 0.2) is 5.16 Å². The van der Waals surface area contributed by atoms with Gasteiger partial charge in [-0.25, -0.2) is 9.78 Å². The number of carbonyl (C=O) groups excluding carboxylic acids is 2. The highest BCUT2D eigenvalue weighted by Gasteiger charge is 2.31. The second kappa shape index (κ2) is 7.87. The molecule has 0 aliphatic carbocycles. The van der Waals surface area contributed by atoms with Crippen LogP contribution in [0.2, 0.25) is 5.02 Å². The van der Waals surface area contributed by atoms with Crippen LogP contribution in [0, 0.1) is 0 Å². The van der Waals surface area contributed by atoms with Crippen LogP contribution in [0.1, 0.15) is 13.8 Å². The summed E-state index contributed by atoms with van der Waals surface area (Å²) in [7, 11) is 0. The first-order chi connectivity index (χ1) is 12.8. The summed E-state index contributed by atoms with van der Waals surface area (Å²) in [6, 6.07) is 4.34. The summed E-state index contributed by atoms with van der Waals surface area (Å²) < 4.78 is 1.35. The van der Waals surface area contributed by atoms with E-state index in [0.29, 0.717) is 29.0 Å². The standard InChI is InChI=1S/C17H19ClN4O4S/c1-9(23)8-22-15(25)12-4-3-11(18)7-13(12)20-17(22)27-10(2)14(24)21-6-5-19-16(21)26/h3-4,7,9-10,23H,5-6,8H2,1-2H3,(H,19,26)/t9-,10-/m1/s1. The lowest BCUT2D eigenvalue weighted by molar-refractivity contribution is -0.126. The minimum Gasteiger partial charge on any atom is -0.392 e. The summed E-state index contributed by atoms with van der Waals surface area (Å²) in [4.78, 5) is 42.7. The fraction of sp³-hybridized carbons (Fsp3) is 0.412. The lowest BCUT2D eigenvalue weighted by Gasteiger charge is -2.19. The van der Waals surface area contributed by atoms with Crippen LogP contribution in [0.25, 0.3) is 10.9 Å². The number of imide groups is 1.